The van der Waals surface area contributed by atoms with E-state index in [0.29, 0.717) is 56.4 Å². The van der Waals surface area contributed by atoms with Crippen molar-refractivity contribution < 1.29 is 28.5 Å². The number of carbonyl (C=O) groups excluding carboxylic acids is 1. The number of hydrogen-bond donors (Lipinski definition) is 1. The molecule has 8 nitrogen and oxygen atoms in total. The van der Waals surface area contributed by atoms with Crippen molar-refractivity contribution in [1.82, 2.24) is 4.90 Å². The van der Waals surface area contributed by atoms with Gasteiger partial charge in [0.1, 0.15) is 0 Å². The monoisotopic (exact) mass is 366 g/mol. The summed E-state index contributed by atoms with van der Waals surface area (Å²) in [5, 5.41) is 3.13. The van der Waals surface area contributed by atoms with Gasteiger partial charge >= 0.3 is 0 Å². The lowest BCUT2D eigenvalue weighted by Gasteiger charge is -2.37. The van der Waals surface area contributed by atoms with Gasteiger partial charge in [0.05, 0.1) is 41.1 Å². The molecule has 2 aliphatic rings. The quantitative estimate of drug-likeness (QED) is 0.817. The fourth-order valence-electron chi connectivity index (χ4n) is 3.36. The van der Waals surface area contributed by atoms with Gasteiger partial charge in [0.2, 0.25) is 11.7 Å². The number of carbonyl (C=O) groups is 1. The highest BCUT2D eigenvalue weighted by Crippen LogP contribution is 2.40. The first-order chi connectivity index (χ1) is 12.6. The van der Waals surface area contributed by atoms with Gasteiger partial charge in [-0.1, -0.05) is 0 Å². The van der Waals surface area contributed by atoms with Gasteiger partial charge in [-0.15, -0.1) is 0 Å². The maximum Gasteiger partial charge on any atom is 0.241 e. The van der Waals surface area contributed by atoms with Gasteiger partial charge in [-0.2, -0.15) is 0 Å². The minimum atomic E-state index is -0.471. The van der Waals surface area contributed by atoms with Crippen molar-refractivity contribution in [2.75, 3.05) is 59.5 Å². The van der Waals surface area contributed by atoms with Crippen LogP contribution >= 0.6 is 0 Å². The Morgan fingerprint density at radius 3 is 2.15 bits per heavy atom. The standard InChI is InChI=1S/C18H26N2O6/c1-22-14-10-13(11-15(23-2)17(14)24-3)19-12-16(21)20-6-4-18(5-7-20)25-8-9-26-18/h10-11,19H,4-9,12H2,1-3H3. The molecule has 2 fully saturated rings. The zero-order chi connectivity index (χ0) is 18.6. The number of ether oxygens (including phenoxy) is 5. The Bertz CT molecular complexity index is 610. The van der Waals surface area contributed by atoms with Crippen LogP contribution in [0.2, 0.25) is 0 Å². The van der Waals surface area contributed by atoms with E-state index in [1.165, 1.54) is 0 Å². The highest BCUT2D eigenvalue weighted by atomic mass is 16.7. The number of methoxy groups -OCH3 is 3. The summed E-state index contributed by atoms with van der Waals surface area (Å²) >= 11 is 0. The summed E-state index contributed by atoms with van der Waals surface area (Å²) in [4.78, 5) is 14.3. The van der Waals surface area contributed by atoms with Crippen molar-refractivity contribution in [2.24, 2.45) is 0 Å². The minimum absolute atomic E-state index is 0.0339. The maximum absolute atomic E-state index is 12.5. The van der Waals surface area contributed by atoms with Gasteiger partial charge in [-0.25, -0.2) is 0 Å². The van der Waals surface area contributed by atoms with Crippen LogP contribution in [0.4, 0.5) is 5.69 Å². The highest BCUT2D eigenvalue weighted by molar-refractivity contribution is 5.81. The van der Waals surface area contributed by atoms with Crippen LogP contribution in [0.5, 0.6) is 17.2 Å². The number of rotatable bonds is 6. The molecule has 0 radical (unpaired) electrons. The molecule has 0 aliphatic carbocycles. The molecule has 1 aromatic carbocycles. The number of likely N-dealkylation sites (tertiary alicyclic amines) is 1. The van der Waals surface area contributed by atoms with Crippen LogP contribution in [0.25, 0.3) is 0 Å². The average molecular weight is 366 g/mol. The van der Waals surface area contributed by atoms with Gasteiger partial charge in [0.15, 0.2) is 17.3 Å². The second-order valence-electron chi connectivity index (χ2n) is 6.26. The molecule has 0 atom stereocenters. The van der Waals surface area contributed by atoms with Crippen molar-refractivity contribution in [3.05, 3.63) is 12.1 Å². The van der Waals surface area contributed by atoms with Gasteiger partial charge in [-0.3, -0.25) is 4.79 Å². The second kappa shape index (κ2) is 8.01. The van der Waals surface area contributed by atoms with Crippen LogP contribution in [0.3, 0.4) is 0 Å². The van der Waals surface area contributed by atoms with Crippen molar-refractivity contribution in [3.8, 4) is 17.2 Å². The number of nitrogens with one attached hydrogen (secondary N) is 1. The molecule has 0 saturated carbocycles. The molecule has 1 amide bonds. The van der Waals surface area contributed by atoms with Gasteiger partial charge in [0, 0.05) is 43.8 Å². The molecule has 1 N–H and O–H groups in total. The zero-order valence-corrected chi connectivity index (χ0v) is 15.5. The molecule has 1 spiro atoms. The van der Waals surface area contributed by atoms with Crippen LogP contribution in [0.1, 0.15) is 12.8 Å². The first kappa shape index (κ1) is 18.6. The highest BCUT2D eigenvalue weighted by Gasteiger charge is 2.40. The van der Waals surface area contributed by atoms with Crippen molar-refractivity contribution in [2.45, 2.75) is 18.6 Å². The number of amides is 1. The Labute approximate surface area is 153 Å². The summed E-state index contributed by atoms with van der Waals surface area (Å²) in [5.74, 6) is 1.16. The molecule has 1 aromatic rings. The normalized spacial score (nSPS) is 18.7. The maximum atomic E-state index is 12.5. The molecule has 0 unspecified atom stereocenters. The lowest BCUT2D eigenvalue weighted by molar-refractivity contribution is -0.187. The Morgan fingerprint density at radius 2 is 1.65 bits per heavy atom. The molecule has 0 aromatic heterocycles. The summed E-state index contributed by atoms with van der Waals surface area (Å²) in [6.45, 7) is 2.73. The number of anilines is 1. The SMILES string of the molecule is COc1cc(NCC(=O)N2CCC3(CC2)OCCO3)cc(OC)c1OC. The molecule has 8 heteroatoms. The number of benzene rings is 1. The van der Waals surface area contributed by atoms with Gasteiger partial charge < -0.3 is 33.9 Å². The van der Waals surface area contributed by atoms with Crippen LogP contribution in [0.15, 0.2) is 12.1 Å². The van der Waals surface area contributed by atoms with Crippen molar-refractivity contribution in [3.63, 3.8) is 0 Å². The lowest BCUT2D eigenvalue weighted by Crippen LogP contribution is -2.48. The summed E-state index contributed by atoms with van der Waals surface area (Å²) in [5.41, 5.74) is 0.726. The second-order valence-corrected chi connectivity index (χ2v) is 6.26. The molecule has 2 heterocycles. The van der Waals surface area contributed by atoms with E-state index in [-0.39, 0.29) is 12.5 Å². The van der Waals surface area contributed by atoms with E-state index in [4.69, 9.17) is 23.7 Å². The zero-order valence-electron chi connectivity index (χ0n) is 15.5. The molecule has 3 rings (SSSR count). The molecule has 2 aliphatic heterocycles. The summed E-state index contributed by atoms with van der Waals surface area (Å²) in [6, 6.07) is 3.56. The van der Waals surface area contributed by atoms with Crippen LogP contribution in [-0.4, -0.2) is 70.8 Å². The molecule has 144 valence electrons. The van der Waals surface area contributed by atoms with E-state index >= 15 is 0 Å². The van der Waals surface area contributed by atoms with Crippen LogP contribution in [0, 0.1) is 0 Å². The van der Waals surface area contributed by atoms with E-state index in [0.717, 1.165) is 5.69 Å². The molecule has 2 saturated heterocycles. The fraction of sp³-hybridized carbons (Fsp3) is 0.611. The topological polar surface area (TPSA) is 78.5 Å². The summed E-state index contributed by atoms with van der Waals surface area (Å²) < 4.78 is 27.4. The van der Waals surface area contributed by atoms with E-state index in [2.05, 4.69) is 5.32 Å². The number of hydrogen-bond acceptors (Lipinski definition) is 7. The predicted molar refractivity (Wildman–Crippen MR) is 95.0 cm³/mol. The lowest BCUT2D eigenvalue weighted by atomic mass is 10.0. The minimum Gasteiger partial charge on any atom is -0.493 e. The predicted octanol–water partition coefficient (Wildman–Crippen LogP) is 1.49. The Balaban J connectivity index is 1.58. The third kappa shape index (κ3) is 3.81. The van der Waals surface area contributed by atoms with Gasteiger partial charge in [-0.05, 0) is 0 Å². The van der Waals surface area contributed by atoms with E-state index < -0.39 is 5.79 Å². The molecule has 26 heavy (non-hydrogen) atoms. The van der Waals surface area contributed by atoms with Crippen molar-refractivity contribution in [1.29, 1.82) is 0 Å². The number of piperidine rings is 1. The molecular formula is C18H26N2O6. The Kier molecular flexibility index (Phi) is 5.73. The Hall–Kier alpha value is -2.19. The molecular weight excluding hydrogens is 340 g/mol. The van der Waals surface area contributed by atoms with Crippen molar-refractivity contribution >= 4 is 11.6 Å². The smallest absolute Gasteiger partial charge is 0.241 e. The summed E-state index contributed by atoms with van der Waals surface area (Å²) in [6.07, 6.45) is 1.42. The van der Waals surface area contributed by atoms with Crippen LogP contribution < -0.4 is 19.5 Å². The van der Waals surface area contributed by atoms with E-state index in [1.54, 1.807) is 33.5 Å². The third-order valence-corrected chi connectivity index (χ3v) is 4.80. The first-order valence-electron chi connectivity index (χ1n) is 8.70. The average Bonchev–Trinajstić information content (AvgIpc) is 3.13. The summed E-state index contributed by atoms with van der Waals surface area (Å²) in [7, 11) is 4.67. The van der Waals surface area contributed by atoms with Crippen LogP contribution in [-0.2, 0) is 14.3 Å². The fourth-order valence-corrected chi connectivity index (χ4v) is 3.36. The van der Waals surface area contributed by atoms with Gasteiger partial charge in [0.25, 0.3) is 0 Å². The largest absolute Gasteiger partial charge is 0.493 e. The third-order valence-electron chi connectivity index (χ3n) is 4.80. The van der Waals surface area contributed by atoms with E-state index in [9.17, 15) is 4.79 Å². The Morgan fingerprint density at radius 1 is 1.08 bits per heavy atom. The first-order valence-corrected chi connectivity index (χ1v) is 8.70. The van der Waals surface area contributed by atoms with E-state index in [1.807, 2.05) is 4.90 Å². The number of nitrogens with zero attached hydrogens (tertiary/aromatic N) is 1. The molecule has 0 bridgehead atoms.